The Kier molecular flexibility index (Phi) is 3.93. The standard InChI is InChI=1S/C11H21NO2/c1-4-10(11(13)14)12-8(2)6-5-7-9(12)3/h8-10H,4-7H2,1-3H3,(H,13,14). The molecule has 1 saturated heterocycles. The van der Waals surface area contributed by atoms with Crippen molar-refractivity contribution in [3.63, 3.8) is 0 Å². The molecule has 1 N–H and O–H groups in total. The second-order valence-corrected chi connectivity index (χ2v) is 4.34. The van der Waals surface area contributed by atoms with Crippen LogP contribution in [-0.4, -0.2) is 34.1 Å². The third kappa shape index (κ3) is 2.27. The fourth-order valence-corrected chi connectivity index (χ4v) is 2.57. The van der Waals surface area contributed by atoms with E-state index in [0.29, 0.717) is 18.5 Å². The molecule has 3 atom stereocenters. The maximum atomic E-state index is 11.1. The third-order valence-electron chi connectivity index (χ3n) is 3.29. The second-order valence-electron chi connectivity index (χ2n) is 4.34. The van der Waals surface area contributed by atoms with Crippen molar-refractivity contribution in [1.29, 1.82) is 0 Å². The molecule has 82 valence electrons. The van der Waals surface area contributed by atoms with Crippen LogP contribution in [-0.2, 0) is 4.79 Å². The lowest BCUT2D eigenvalue weighted by Crippen LogP contribution is -2.52. The monoisotopic (exact) mass is 199 g/mol. The summed E-state index contributed by atoms with van der Waals surface area (Å²) in [5.41, 5.74) is 0. The van der Waals surface area contributed by atoms with Crippen molar-refractivity contribution >= 4 is 5.97 Å². The van der Waals surface area contributed by atoms with E-state index in [4.69, 9.17) is 5.11 Å². The van der Waals surface area contributed by atoms with Crippen LogP contribution >= 0.6 is 0 Å². The Morgan fingerprint density at radius 2 is 1.93 bits per heavy atom. The Hall–Kier alpha value is -0.570. The minimum atomic E-state index is -0.673. The molecule has 0 amide bonds. The number of hydrogen-bond acceptors (Lipinski definition) is 2. The molecular formula is C11H21NO2. The summed E-state index contributed by atoms with van der Waals surface area (Å²) in [6, 6.07) is 0.542. The van der Waals surface area contributed by atoms with Crippen LogP contribution in [0.1, 0.15) is 46.5 Å². The van der Waals surface area contributed by atoms with Gasteiger partial charge in [0.05, 0.1) is 0 Å². The summed E-state index contributed by atoms with van der Waals surface area (Å²) in [4.78, 5) is 13.3. The summed E-state index contributed by atoms with van der Waals surface area (Å²) in [5, 5.41) is 9.12. The predicted octanol–water partition coefficient (Wildman–Crippen LogP) is 2.11. The molecule has 0 spiro atoms. The first-order valence-electron chi connectivity index (χ1n) is 5.58. The number of likely N-dealkylation sites (tertiary alicyclic amines) is 1. The molecule has 0 radical (unpaired) electrons. The predicted molar refractivity (Wildman–Crippen MR) is 56.3 cm³/mol. The average Bonchev–Trinajstić information content (AvgIpc) is 2.10. The molecule has 0 aromatic heterocycles. The number of piperidine rings is 1. The smallest absolute Gasteiger partial charge is 0.320 e. The molecule has 1 fully saturated rings. The Labute approximate surface area is 86.1 Å². The van der Waals surface area contributed by atoms with Crippen LogP contribution in [0.4, 0.5) is 0 Å². The van der Waals surface area contributed by atoms with Gasteiger partial charge in [0.15, 0.2) is 0 Å². The molecule has 3 nitrogen and oxygen atoms in total. The van der Waals surface area contributed by atoms with E-state index in [-0.39, 0.29) is 6.04 Å². The highest BCUT2D eigenvalue weighted by atomic mass is 16.4. The van der Waals surface area contributed by atoms with Crippen molar-refractivity contribution in [3.8, 4) is 0 Å². The van der Waals surface area contributed by atoms with Gasteiger partial charge in [-0.15, -0.1) is 0 Å². The van der Waals surface area contributed by atoms with Crippen molar-refractivity contribution in [2.75, 3.05) is 0 Å². The minimum Gasteiger partial charge on any atom is -0.480 e. The van der Waals surface area contributed by atoms with E-state index in [1.54, 1.807) is 0 Å². The second kappa shape index (κ2) is 4.78. The zero-order valence-corrected chi connectivity index (χ0v) is 9.36. The van der Waals surface area contributed by atoms with Crippen LogP contribution in [0.5, 0.6) is 0 Å². The molecule has 1 aliphatic heterocycles. The zero-order valence-electron chi connectivity index (χ0n) is 9.36. The van der Waals surface area contributed by atoms with Gasteiger partial charge in [-0.05, 0) is 33.1 Å². The van der Waals surface area contributed by atoms with E-state index in [1.165, 1.54) is 6.42 Å². The first-order chi connectivity index (χ1) is 6.57. The SMILES string of the molecule is CCC(C(=O)O)N1C(C)CCCC1C. The van der Waals surface area contributed by atoms with Crippen LogP contribution in [0.3, 0.4) is 0 Å². The Balaban J connectivity index is 2.74. The number of carboxylic acid groups (broad SMARTS) is 1. The first kappa shape index (κ1) is 11.5. The lowest BCUT2D eigenvalue weighted by Gasteiger charge is -2.42. The summed E-state index contributed by atoms with van der Waals surface area (Å²) >= 11 is 0. The van der Waals surface area contributed by atoms with Gasteiger partial charge in [0.2, 0.25) is 0 Å². The summed E-state index contributed by atoms with van der Waals surface area (Å²) < 4.78 is 0. The fourth-order valence-electron chi connectivity index (χ4n) is 2.57. The van der Waals surface area contributed by atoms with Crippen LogP contribution in [0.15, 0.2) is 0 Å². The topological polar surface area (TPSA) is 40.5 Å². The highest BCUT2D eigenvalue weighted by molar-refractivity contribution is 5.73. The number of nitrogens with zero attached hydrogens (tertiary/aromatic N) is 1. The normalized spacial score (nSPS) is 31.4. The Morgan fingerprint density at radius 3 is 2.29 bits per heavy atom. The Bertz CT molecular complexity index is 195. The van der Waals surface area contributed by atoms with Gasteiger partial charge < -0.3 is 5.11 Å². The van der Waals surface area contributed by atoms with E-state index in [2.05, 4.69) is 18.7 Å². The van der Waals surface area contributed by atoms with Crippen LogP contribution in [0.2, 0.25) is 0 Å². The largest absolute Gasteiger partial charge is 0.480 e. The Morgan fingerprint density at radius 1 is 1.43 bits per heavy atom. The van der Waals surface area contributed by atoms with E-state index >= 15 is 0 Å². The zero-order chi connectivity index (χ0) is 10.7. The molecular weight excluding hydrogens is 178 g/mol. The highest BCUT2D eigenvalue weighted by Crippen LogP contribution is 2.25. The molecule has 0 aliphatic carbocycles. The molecule has 1 rings (SSSR count). The summed E-state index contributed by atoms with van der Waals surface area (Å²) in [6.45, 7) is 6.23. The number of hydrogen-bond donors (Lipinski definition) is 1. The molecule has 1 aliphatic rings. The van der Waals surface area contributed by atoms with Crippen molar-refractivity contribution in [2.45, 2.75) is 64.6 Å². The molecule has 3 unspecified atom stereocenters. The van der Waals surface area contributed by atoms with Gasteiger partial charge in [-0.25, -0.2) is 0 Å². The number of carbonyl (C=O) groups is 1. The first-order valence-corrected chi connectivity index (χ1v) is 5.58. The molecule has 3 heteroatoms. The summed E-state index contributed by atoms with van der Waals surface area (Å²) in [7, 11) is 0. The van der Waals surface area contributed by atoms with Crippen LogP contribution < -0.4 is 0 Å². The van der Waals surface area contributed by atoms with Gasteiger partial charge in [-0.2, -0.15) is 0 Å². The van der Waals surface area contributed by atoms with Gasteiger partial charge in [-0.3, -0.25) is 9.69 Å². The quantitative estimate of drug-likeness (QED) is 0.756. The van der Waals surface area contributed by atoms with Gasteiger partial charge in [-0.1, -0.05) is 13.3 Å². The van der Waals surface area contributed by atoms with E-state index < -0.39 is 5.97 Å². The van der Waals surface area contributed by atoms with Crippen molar-refractivity contribution in [2.24, 2.45) is 0 Å². The molecule has 0 aromatic carbocycles. The lowest BCUT2D eigenvalue weighted by atomic mass is 9.94. The van der Waals surface area contributed by atoms with E-state index in [1.807, 2.05) is 6.92 Å². The lowest BCUT2D eigenvalue weighted by molar-refractivity contribution is -0.146. The van der Waals surface area contributed by atoms with E-state index in [0.717, 1.165) is 12.8 Å². The van der Waals surface area contributed by atoms with Gasteiger partial charge in [0.25, 0.3) is 0 Å². The number of carboxylic acids is 1. The molecule has 0 aromatic rings. The molecule has 0 saturated carbocycles. The summed E-state index contributed by atoms with van der Waals surface area (Å²) in [5.74, 6) is -0.673. The van der Waals surface area contributed by atoms with Crippen LogP contribution in [0.25, 0.3) is 0 Å². The number of rotatable bonds is 3. The minimum absolute atomic E-state index is 0.291. The maximum absolute atomic E-state index is 11.1. The number of aliphatic carboxylic acids is 1. The van der Waals surface area contributed by atoms with Gasteiger partial charge in [0.1, 0.15) is 6.04 Å². The van der Waals surface area contributed by atoms with Crippen molar-refractivity contribution in [3.05, 3.63) is 0 Å². The fraction of sp³-hybridized carbons (Fsp3) is 0.909. The maximum Gasteiger partial charge on any atom is 0.320 e. The summed E-state index contributed by atoms with van der Waals surface area (Å²) in [6.07, 6.45) is 4.20. The van der Waals surface area contributed by atoms with Crippen molar-refractivity contribution < 1.29 is 9.90 Å². The average molecular weight is 199 g/mol. The molecule has 0 bridgehead atoms. The van der Waals surface area contributed by atoms with E-state index in [9.17, 15) is 4.79 Å². The van der Waals surface area contributed by atoms with Gasteiger partial charge >= 0.3 is 5.97 Å². The van der Waals surface area contributed by atoms with Crippen LogP contribution in [0, 0.1) is 0 Å². The van der Waals surface area contributed by atoms with Gasteiger partial charge in [0, 0.05) is 12.1 Å². The molecule has 1 heterocycles. The molecule has 14 heavy (non-hydrogen) atoms. The van der Waals surface area contributed by atoms with Crippen molar-refractivity contribution in [1.82, 2.24) is 4.90 Å². The highest BCUT2D eigenvalue weighted by Gasteiger charge is 2.33. The third-order valence-corrected chi connectivity index (χ3v) is 3.29.